The van der Waals surface area contributed by atoms with E-state index in [9.17, 15) is 13.2 Å². The van der Waals surface area contributed by atoms with Gasteiger partial charge in [-0.25, -0.2) is 4.98 Å². The fourth-order valence-corrected chi connectivity index (χ4v) is 2.80. The van der Waals surface area contributed by atoms with Crippen LogP contribution in [-0.2, 0) is 6.18 Å². The predicted octanol–water partition coefficient (Wildman–Crippen LogP) is 3.33. The molecule has 0 aromatic carbocycles. The van der Waals surface area contributed by atoms with Crippen molar-refractivity contribution in [3.63, 3.8) is 0 Å². The second-order valence-electron chi connectivity index (χ2n) is 4.93. The Labute approximate surface area is 121 Å². The van der Waals surface area contributed by atoms with E-state index in [4.69, 9.17) is 11.6 Å². The summed E-state index contributed by atoms with van der Waals surface area (Å²) in [4.78, 5) is 5.95. The van der Waals surface area contributed by atoms with Crippen LogP contribution in [0, 0.1) is 0 Å². The van der Waals surface area contributed by atoms with Gasteiger partial charge >= 0.3 is 6.18 Å². The van der Waals surface area contributed by atoms with Gasteiger partial charge < -0.3 is 10.2 Å². The standard InChI is InChI=1S/C13H17ClF3N3/c1-18-8-10-4-2-3-5-20(10)12-11(14)6-9(7-19-12)13(15,16)17/h6-7,10,18H,2-5,8H2,1H3. The van der Waals surface area contributed by atoms with Crippen molar-refractivity contribution in [1.29, 1.82) is 0 Å². The first-order valence-electron chi connectivity index (χ1n) is 6.57. The lowest BCUT2D eigenvalue weighted by Gasteiger charge is -2.37. The van der Waals surface area contributed by atoms with Crippen LogP contribution in [0.15, 0.2) is 12.3 Å². The summed E-state index contributed by atoms with van der Waals surface area (Å²) in [6.07, 6.45) is -0.464. The van der Waals surface area contributed by atoms with Crippen molar-refractivity contribution in [3.8, 4) is 0 Å². The van der Waals surface area contributed by atoms with Crippen molar-refractivity contribution in [2.45, 2.75) is 31.5 Å². The van der Waals surface area contributed by atoms with Crippen LogP contribution in [0.4, 0.5) is 19.0 Å². The van der Waals surface area contributed by atoms with Gasteiger partial charge in [0.15, 0.2) is 0 Å². The molecule has 1 aromatic rings. The molecule has 1 atom stereocenters. The average molecular weight is 308 g/mol. The zero-order chi connectivity index (χ0) is 14.8. The summed E-state index contributed by atoms with van der Waals surface area (Å²) in [5.74, 6) is 0.444. The number of alkyl halides is 3. The second kappa shape index (κ2) is 6.18. The summed E-state index contributed by atoms with van der Waals surface area (Å²) in [5, 5.41) is 3.16. The maximum atomic E-state index is 12.6. The van der Waals surface area contributed by atoms with Crippen molar-refractivity contribution in [2.75, 3.05) is 25.0 Å². The van der Waals surface area contributed by atoms with Crippen LogP contribution in [0.5, 0.6) is 0 Å². The Bertz CT molecular complexity index is 463. The Morgan fingerprint density at radius 2 is 2.20 bits per heavy atom. The van der Waals surface area contributed by atoms with Gasteiger partial charge in [0.2, 0.25) is 0 Å². The van der Waals surface area contributed by atoms with Crippen LogP contribution in [0.3, 0.4) is 0 Å². The number of hydrogen-bond donors (Lipinski definition) is 1. The lowest BCUT2D eigenvalue weighted by molar-refractivity contribution is -0.137. The van der Waals surface area contributed by atoms with Crippen LogP contribution in [0.2, 0.25) is 5.02 Å². The number of pyridine rings is 1. The van der Waals surface area contributed by atoms with Gasteiger partial charge in [-0.05, 0) is 32.4 Å². The lowest BCUT2D eigenvalue weighted by Crippen LogP contribution is -2.45. The SMILES string of the molecule is CNCC1CCCCN1c1ncc(C(F)(F)F)cc1Cl. The monoisotopic (exact) mass is 307 g/mol. The molecule has 112 valence electrons. The van der Waals surface area contributed by atoms with Gasteiger partial charge in [0.05, 0.1) is 10.6 Å². The van der Waals surface area contributed by atoms with Crippen molar-refractivity contribution < 1.29 is 13.2 Å². The van der Waals surface area contributed by atoms with E-state index >= 15 is 0 Å². The predicted molar refractivity (Wildman–Crippen MR) is 73.2 cm³/mol. The Morgan fingerprint density at radius 3 is 2.80 bits per heavy atom. The highest BCUT2D eigenvalue weighted by molar-refractivity contribution is 6.33. The highest BCUT2D eigenvalue weighted by Gasteiger charge is 2.33. The number of hydrogen-bond acceptors (Lipinski definition) is 3. The molecular weight excluding hydrogens is 291 g/mol. The van der Waals surface area contributed by atoms with Crippen LogP contribution in [0.25, 0.3) is 0 Å². The number of rotatable bonds is 3. The van der Waals surface area contributed by atoms with Crippen LogP contribution >= 0.6 is 11.6 Å². The molecule has 2 heterocycles. The van der Waals surface area contributed by atoms with Gasteiger partial charge in [0.1, 0.15) is 5.82 Å². The molecule has 0 radical (unpaired) electrons. The highest BCUT2D eigenvalue weighted by atomic mass is 35.5. The molecule has 2 rings (SSSR count). The van der Waals surface area contributed by atoms with E-state index < -0.39 is 11.7 Å². The normalized spacial score (nSPS) is 20.2. The summed E-state index contributed by atoms with van der Waals surface area (Å²) >= 11 is 6.01. The first kappa shape index (κ1) is 15.4. The summed E-state index contributed by atoms with van der Waals surface area (Å²) in [6.45, 7) is 1.53. The zero-order valence-corrected chi connectivity index (χ0v) is 11.9. The molecule has 20 heavy (non-hydrogen) atoms. The van der Waals surface area contributed by atoms with Gasteiger partial charge in [-0.3, -0.25) is 0 Å². The molecule has 0 spiro atoms. The number of nitrogens with one attached hydrogen (secondary N) is 1. The Morgan fingerprint density at radius 1 is 1.45 bits per heavy atom. The van der Waals surface area contributed by atoms with E-state index in [1.807, 2.05) is 11.9 Å². The lowest BCUT2D eigenvalue weighted by atomic mass is 10.0. The fourth-order valence-electron chi connectivity index (χ4n) is 2.52. The number of anilines is 1. The molecule has 0 aliphatic carbocycles. The average Bonchev–Trinajstić information content (AvgIpc) is 2.39. The first-order chi connectivity index (χ1) is 9.43. The van der Waals surface area contributed by atoms with E-state index in [0.717, 1.165) is 44.6 Å². The molecule has 0 saturated carbocycles. The Kier molecular flexibility index (Phi) is 4.75. The van der Waals surface area contributed by atoms with Gasteiger partial charge in [0, 0.05) is 25.3 Å². The maximum Gasteiger partial charge on any atom is 0.417 e. The van der Waals surface area contributed by atoms with E-state index in [1.165, 1.54) is 0 Å². The smallest absolute Gasteiger partial charge is 0.351 e. The minimum Gasteiger partial charge on any atom is -0.351 e. The molecule has 1 aliphatic heterocycles. The van der Waals surface area contributed by atoms with Gasteiger partial charge in [-0.2, -0.15) is 13.2 Å². The Balaban J connectivity index is 2.27. The number of halogens is 4. The zero-order valence-electron chi connectivity index (χ0n) is 11.2. The summed E-state index contributed by atoms with van der Waals surface area (Å²) < 4.78 is 37.9. The van der Waals surface area contributed by atoms with Crippen molar-refractivity contribution in [1.82, 2.24) is 10.3 Å². The topological polar surface area (TPSA) is 28.2 Å². The van der Waals surface area contributed by atoms with Crippen molar-refractivity contribution >= 4 is 17.4 Å². The van der Waals surface area contributed by atoms with E-state index in [2.05, 4.69) is 10.3 Å². The largest absolute Gasteiger partial charge is 0.417 e. The van der Waals surface area contributed by atoms with Crippen LogP contribution in [-0.4, -0.2) is 31.2 Å². The summed E-state index contributed by atoms with van der Waals surface area (Å²) in [5.41, 5.74) is -0.812. The van der Waals surface area contributed by atoms with Gasteiger partial charge in [-0.15, -0.1) is 0 Å². The minimum atomic E-state index is -4.42. The quantitative estimate of drug-likeness (QED) is 0.928. The molecule has 1 saturated heterocycles. The molecule has 1 fully saturated rings. The summed E-state index contributed by atoms with van der Waals surface area (Å²) in [7, 11) is 1.86. The summed E-state index contributed by atoms with van der Waals surface area (Å²) in [6, 6.07) is 1.17. The van der Waals surface area contributed by atoms with E-state index in [-0.39, 0.29) is 11.1 Å². The third-order valence-electron chi connectivity index (χ3n) is 3.49. The number of piperidine rings is 1. The molecule has 0 bridgehead atoms. The third kappa shape index (κ3) is 3.35. The first-order valence-corrected chi connectivity index (χ1v) is 6.95. The van der Waals surface area contributed by atoms with Crippen LogP contribution in [0.1, 0.15) is 24.8 Å². The van der Waals surface area contributed by atoms with Crippen molar-refractivity contribution in [3.05, 3.63) is 22.8 Å². The Hall–Kier alpha value is -1.01. The minimum absolute atomic E-state index is 0.0582. The molecule has 0 amide bonds. The molecule has 1 N–H and O–H groups in total. The van der Waals surface area contributed by atoms with Gasteiger partial charge in [-0.1, -0.05) is 11.6 Å². The van der Waals surface area contributed by atoms with E-state index in [1.54, 1.807) is 0 Å². The van der Waals surface area contributed by atoms with E-state index in [0.29, 0.717) is 5.82 Å². The molecular formula is C13H17ClF3N3. The second-order valence-corrected chi connectivity index (χ2v) is 5.34. The highest BCUT2D eigenvalue weighted by Crippen LogP contribution is 2.35. The fraction of sp³-hybridized carbons (Fsp3) is 0.615. The molecule has 3 nitrogen and oxygen atoms in total. The van der Waals surface area contributed by atoms with Crippen LogP contribution < -0.4 is 10.2 Å². The number of nitrogens with zero attached hydrogens (tertiary/aromatic N) is 2. The number of likely N-dealkylation sites (N-methyl/N-ethyl adjacent to an activating group) is 1. The third-order valence-corrected chi connectivity index (χ3v) is 3.77. The molecule has 1 unspecified atom stereocenters. The number of aromatic nitrogens is 1. The molecule has 7 heteroatoms. The van der Waals surface area contributed by atoms with Crippen molar-refractivity contribution in [2.24, 2.45) is 0 Å². The van der Waals surface area contributed by atoms with Gasteiger partial charge in [0.25, 0.3) is 0 Å². The molecule has 1 aliphatic rings. The molecule has 1 aromatic heterocycles. The maximum absolute atomic E-state index is 12.6.